The minimum Gasteiger partial charge on any atom is -0.497 e. The molecule has 2 fully saturated rings. The molecule has 1 atom stereocenters. The van der Waals surface area contributed by atoms with E-state index in [1.165, 1.54) is 12.8 Å². The van der Waals surface area contributed by atoms with Crippen LogP contribution >= 0.6 is 0 Å². The average Bonchev–Trinajstić information content (AvgIpc) is 3.48. The monoisotopic (exact) mass is 435 g/mol. The number of carbonyl (C=O) groups is 3. The molecule has 0 saturated carbocycles. The maximum atomic E-state index is 13.1. The molecule has 2 aromatic rings. The summed E-state index contributed by atoms with van der Waals surface area (Å²) in [5.41, 5.74) is 1.47. The van der Waals surface area contributed by atoms with E-state index in [4.69, 9.17) is 4.74 Å². The van der Waals surface area contributed by atoms with E-state index >= 15 is 0 Å². The van der Waals surface area contributed by atoms with E-state index in [-0.39, 0.29) is 12.5 Å². The van der Waals surface area contributed by atoms with Gasteiger partial charge in [-0.25, -0.2) is 4.79 Å². The van der Waals surface area contributed by atoms with Crippen molar-refractivity contribution in [1.82, 2.24) is 25.4 Å². The van der Waals surface area contributed by atoms with Gasteiger partial charge in [-0.15, -0.1) is 0 Å². The second-order valence-electron chi connectivity index (χ2n) is 8.52. The Labute approximate surface area is 185 Å². The molecule has 2 N–H and O–H groups in total. The second-order valence-corrected chi connectivity index (χ2v) is 8.52. The summed E-state index contributed by atoms with van der Waals surface area (Å²) in [5, 5.41) is 5.08. The number of nitrogens with zero attached hydrogens (tertiary/aromatic N) is 3. The Balaban J connectivity index is 1.41. The summed E-state index contributed by atoms with van der Waals surface area (Å²) in [7, 11) is 1.55. The molecule has 0 unspecified atom stereocenters. The zero-order valence-corrected chi connectivity index (χ0v) is 17.9. The zero-order valence-electron chi connectivity index (χ0n) is 17.9. The molecular weight excluding hydrogens is 410 g/mol. The number of carbonyl (C=O) groups excluding carboxylic acids is 3. The number of nitrogens with one attached hydrogen (secondary N) is 2. The molecular formula is C23H25N5O4. The van der Waals surface area contributed by atoms with Crippen molar-refractivity contribution in [3.63, 3.8) is 0 Å². The Hall–Kier alpha value is -3.46. The Morgan fingerprint density at radius 1 is 1.12 bits per heavy atom. The minimum absolute atomic E-state index is 0.00749. The van der Waals surface area contributed by atoms with E-state index in [2.05, 4.69) is 20.5 Å². The third-order valence-electron chi connectivity index (χ3n) is 6.47. The quantitative estimate of drug-likeness (QED) is 0.665. The first-order valence-electron chi connectivity index (χ1n) is 10.8. The van der Waals surface area contributed by atoms with Crippen LogP contribution in [0.15, 0.2) is 36.5 Å². The topological polar surface area (TPSA) is 104 Å². The number of hydrogen-bond acceptors (Lipinski definition) is 6. The number of ether oxygens (including phenoxy) is 1. The number of methoxy groups -OCH3 is 1. The number of rotatable bonds is 6. The molecule has 32 heavy (non-hydrogen) atoms. The van der Waals surface area contributed by atoms with Gasteiger partial charge in [-0.05, 0) is 49.7 Å². The van der Waals surface area contributed by atoms with Crippen LogP contribution in [0, 0.1) is 0 Å². The second kappa shape index (κ2) is 7.90. The van der Waals surface area contributed by atoms with Crippen molar-refractivity contribution in [3.8, 4) is 5.75 Å². The van der Waals surface area contributed by atoms with Crippen LogP contribution < -0.4 is 15.4 Å². The number of benzene rings is 1. The maximum Gasteiger partial charge on any atom is 0.322 e. The highest BCUT2D eigenvalue weighted by molar-refractivity contribution is 6.08. The molecule has 0 aliphatic carbocycles. The predicted molar refractivity (Wildman–Crippen MR) is 115 cm³/mol. The van der Waals surface area contributed by atoms with Gasteiger partial charge >= 0.3 is 6.03 Å². The van der Waals surface area contributed by atoms with Crippen LogP contribution in [0.5, 0.6) is 5.75 Å². The largest absolute Gasteiger partial charge is 0.497 e. The van der Waals surface area contributed by atoms with Gasteiger partial charge in [-0.1, -0.05) is 12.1 Å². The summed E-state index contributed by atoms with van der Waals surface area (Å²) in [6.45, 7) is 3.24. The lowest BCUT2D eigenvalue weighted by molar-refractivity contribution is -0.124. The molecule has 0 spiro atoms. The number of amides is 4. The van der Waals surface area contributed by atoms with E-state index in [1.807, 2.05) is 18.2 Å². The summed E-state index contributed by atoms with van der Waals surface area (Å²) in [5.74, 6) is -0.0952. The first kappa shape index (κ1) is 20.4. The van der Waals surface area contributed by atoms with Gasteiger partial charge in [0.15, 0.2) is 5.54 Å². The highest BCUT2D eigenvalue weighted by atomic mass is 16.5. The average molecular weight is 435 g/mol. The Kier molecular flexibility index (Phi) is 5.05. The number of urea groups is 1. The minimum atomic E-state index is -1.39. The van der Waals surface area contributed by atoms with Crippen LogP contribution in [0.25, 0.3) is 0 Å². The Morgan fingerprint density at radius 2 is 1.94 bits per heavy atom. The predicted octanol–water partition coefficient (Wildman–Crippen LogP) is 1.38. The summed E-state index contributed by atoms with van der Waals surface area (Å²) in [4.78, 5) is 46.6. The maximum absolute atomic E-state index is 13.1. The molecule has 3 aliphatic heterocycles. The van der Waals surface area contributed by atoms with Crippen molar-refractivity contribution in [1.29, 1.82) is 0 Å². The fourth-order valence-electron chi connectivity index (χ4n) is 4.72. The van der Waals surface area contributed by atoms with Crippen molar-refractivity contribution >= 4 is 17.8 Å². The summed E-state index contributed by atoms with van der Waals surface area (Å²) >= 11 is 0. The van der Waals surface area contributed by atoms with E-state index in [0.717, 1.165) is 30.9 Å². The SMILES string of the molecule is COc1ccc2c(c1)C(=O)N(C[C@@]1(c3ccc(CN4CCCC4)nc3)NC(=O)NC1=O)C2. The lowest BCUT2D eigenvalue weighted by Crippen LogP contribution is -2.52. The molecule has 1 aromatic heterocycles. The van der Waals surface area contributed by atoms with Crippen LogP contribution in [-0.2, 0) is 23.4 Å². The summed E-state index contributed by atoms with van der Waals surface area (Å²) < 4.78 is 5.23. The van der Waals surface area contributed by atoms with Crippen molar-refractivity contribution in [2.45, 2.75) is 31.5 Å². The Morgan fingerprint density at radius 3 is 2.59 bits per heavy atom. The smallest absolute Gasteiger partial charge is 0.322 e. The summed E-state index contributed by atoms with van der Waals surface area (Å²) in [6, 6.07) is 8.48. The van der Waals surface area contributed by atoms with Gasteiger partial charge in [0.2, 0.25) is 0 Å². The van der Waals surface area contributed by atoms with Crippen LogP contribution in [0.3, 0.4) is 0 Å². The van der Waals surface area contributed by atoms with Crippen LogP contribution in [0.2, 0.25) is 0 Å². The normalized spacial score (nSPS) is 22.8. The molecule has 1 aromatic carbocycles. The van der Waals surface area contributed by atoms with E-state index < -0.39 is 17.5 Å². The van der Waals surface area contributed by atoms with E-state index in [1.54, 1.807) is 30.3 Å². The number of likely N-dealkylation sites (tertiary alicyclic amines) is 1. The molecule has 5 rings (SSSR count). The van der Waals surface area contributed by atoms with Gasteiger partial charge in [0.05, 0.1) is 19.3 Å². The number of fused-ring (bicyclic) bond motifs is 1. The first-order valence-corrected chi connectivity index (χ1v) is 10.8. The molecule has 4 heterocycles. The fraction of sp³-hybridized carbons (Fsp3) is 0.391. The van der Waals surface area contributed by atoms with Gasteiger partial charge in [0, 0.05) is 30.4 Å². The number of hydrogen-bond donors (Lipinski definition) is 2. The molecule has 166 valence electrons. The van der Waals surface area contributed by atoms with Gasteiger partial charge in [-0.2, -0.15) is 0 Å². The molecule has 0 bridgehead atoms. The fourth-order valence-corrected chi connectivity index (χ4v) is 4.72. The van der Waals surface area contributed by atoms with Crippen molar-refractivity contribution in [2.24, 2.45) is 0 Å². The molecule has 9 heteroatoms. The van der Waals surface area contributed by atoms with E-state index in [0.29, 0.717) is 23.4 Å². The van der Waals surface area contributed by atoms with Crippen LogP contribution in [-0.4, -0.2) is 59.4 Å². The van der Waals surface area contributed by atoms with Crippen molar-refractivity contribution in [2.75, 3.05) is 26.7 Å². The van der Waals surface area contributed by atoms with Gasteiger partial charge in [0.1, 0.15) is 5.75 Å². The van der Waals surface area contributed by atoms with Crippen molar-refractivity contribution in [3.05, 3.63) is 58.9 Å². The van der Waals surface area contributed by atoms with Gasteiger partial charge < -0.3 is 15.0 Å². The van der Waals surface area contributed by atoms with Gasteiger partial charge in [-0.3, -0.25) is 24.8 Å². The van der Waals surface area contributed by atoms with Crippen molar-refractivity contribution < 1.29 is 19.1 Å². The molecule has 0 radical (unpaired) electrons. The number of imide groups is 1. The zero-order chi connectivity index (χ0) is 22.3. The summed E-state index contributed by atoms with van der Waals surface area (Å²) in [6.07, 6.45) is 4.03. The van der Waals surface area contributed by atoms with Gasteiger partial charge in [0.25, 0.3) is 11.8 Å². The highest BCUT2D eigenvalue weighted by Gasteiger charge is 2.50. The third kappa shape index (κ3) is 3.48. The van der Waals surface area contributed by atoms with Crippen LogP contribution in [0.1, 0.15) is 40.0 Å². The lowest BCUT2D eigenvalue weighted by atomic mass is 9.90. The number of pyridine rings is 1. The number of aromatic nitrogens is 1. The lowest BCUT2D eigenvalue weighted by Gasteiger charge is -2.31. The Bertz CT molecular complexity index is 1080. The molecule has 2 saturated heterocycles. The van der Waals surface area contributed by atoms with Crippen LogP contribution in [0.4, 0.5) is 4.79 Å². The molecule has 4 amide bonds. The highest BCUT2D eigenvalue weighted by Crippen LogP contribution is 2.32. The third-order valence-corrected chi connectivity index (χ3v) is 6.47. The van der Waals surface area contributed by atoms with E-state index in [9.17, 15) is 14.4 Å². The molecule has 3 aliphatic rings. The first-order chi connectivity index (χ1) is 15.5. The standard InChI is InChI=1S/C23H25N5O4/c1-32-18-7-4-15-12-28(20(29)19(15)10-18)14-23(21(30)25-22(31)26-23)16-5-6-17(24-11-16)13-27-8-2-3-9-27/h4-7,10-11H,2-3,8-9,12-14H2,1H3,(H2,25,26,30,31)/t23-/m0/s1. The molecule has 9 nitrogen and oxygen atoms in total.